The molecule has 4 bridgehead atoms. The van der Waals surface area contributed by atoms with Crippen molar-refractivity contribution in [3.8, 4) is 0 Å². The van der Waals surface area contributed by atoms with E-state index >= 15 is 0 Å². The van der Waals surface area contributed by atoms with Crippen LogP contribution in [0, 0.1) is 23.7 Å². The smallest absolute Gasteiger partial charge is 0.318 e. The first kappa shape index (κ1) is 14.3. The predicted octanol–water partition coefficient (Wildman–Crippen LogP) is 4.42. The topological polar surface area (TPSA) is 32.3 Å². The van der Waals surface area contributed by atoms with Crippen molar-refractivity contribution in [2.75, 3.05) is 6.54 Å². The van der Waals surface area contributed by atoms with E-state index in [0.29, 0.717) is 12.1 Å². The van der Waals surface area contributed by atoms with Crippen LogP contribution in [0.3, 0.4) is 0 Å². The fraction of sp³-hybridized carbons (Fsp3) is 0.737. The molecule has 1 aromatic rings. The van der Waals surface area contributed by atoms with Gasteiger partial charge in [0.25, 0.3) is 0 Å². The Bertz CT molecular complexity index is 556. The van der Waals surface area contributed by atoms with Gasteiger partial charge >= 0.3 is 6.03 Å². The van der Waals surface area contributed by atoms with Crippen LogP contribution in [-0.2, 0) is 0 Å². The van der Waals surface area contributed by atoms with E-state index in [1.807, 2.05) is 0 Å². The standard InChI is InChI=1S/C19H26N2OS/c22-19(21-5-1-3-16(21)17-4-2-6-23-17)20-18-14-8-12-7-13(10-14)11-15(18)9-12/h2,4,6,12-16,18H,1,3,5,7-11H2,(H,20,22). The minimum atomic E-state index is 0.207. The first-order valence-electron chi connectivity index (χ1n) is 9.38. The summed E-state index contributed by atoms with van der Waals surface area (Å²) in [5.41, 5.74) is 0. The molecule has 1 atom stereocenters. The van der Waals surface area contributed by atoms with Crippen molar-refractivity contribution in [1.82, 2.24) is 10.2 Å². The lowest BCUT2D eigenvalue weighted by atomic mass is 9.54. The maximum atomic E-state index is 13.0. The van der Waals surface area contributed by atoms with E-state index in [-0.39, 0.29) is 6.03 Å². The summed E-state index contributed by atoms with van der Waals surface area (Å²) in [5, 5.41) is 5.61. The molecule has 4 aliphatic carbocycles. The van der Waals surface area contributed by atoms with Crippen molar-refractivity contribution in [2.45, 2.75) is 57.0 Å². The third-order valence-electron chi connectivity index (χ3n) is 6.90. The number of nitrogens with zero attached hydrogens (tertiary/aromatic N) is 1. The SMILES string of the molecule is O=C(NC1C2CC3CC(C2)CC1C3)N1CCCC1c1cccs1. The second-order valence-corrected chi connectivity index (χ2v) is 9.25. The molecule has 4 saturated carbocycles. The van der Waals surface area contributed by atoms with Gasteiger partial charge in [-0.15, -0.1) is 11.3 Å². The summed E-state index contributed by atoms with van der Waals surface area (Å²) in [4.78, 5) is 16.4. The van der Waals surface area contributed by atoms with Gasteiger partial charge in [0, 0.05) is 17.5 Å². The number of carbonyl (C=O) groups is 1. The van der Waals surface area contributed by atoms with Crippen molar-refractivity contribution in [3.63, 3.8) is 0 Å². The van der Waals surface area contributed by atoms with Crippen LogP contribution in [0.4, 0.5) is 4.79 Å². The van der Waals surface area contributed by atoms with E-state index in [1.54, 1.807) is 11.3 Å². The molecule has 1 unspecified atom stereocenters. The van der Waals surface area contributed by atoms with Crippen LogP contribution in [0.2, 0.25) is 0 Å². The summed E-state index contributed by atoms with van der Waals surface area (Å²) in [5.74, 6) is 3.46. The average Bonchev–Trinajstić information content (AvgIpc) is 3.19. The van der Waals surface area contributed by atoms with Gasteiger partial charge in [-0.3, -0.25) is 0 Å². The molecule has 1 N–H and O–H groups in total. The quantitative estimate of drug-likeness (QED) is 0.855. The van der Waals surface area contributed by atoms with Crippen molar-refractivity contribution >= 4 is 17.4 Å². The summed E-state index contributed by atoms with van der Waals surface area (Å²) in [6.45, 7) is 0.918. The fourth-order valence-corrected chi connectivity index (χ4v) is 7.05. The first-order valence-corrected chi connectivity index (χ1v) is 10.3. The van der Waals surface area contributed by atoms with E-state index in [2.05, 4.69) is 27.7 Å². The summed E-state index contributed by atoms with van der Waals surface area (Å²) in [7, 11) is 0. The average molecular weight is 330 g/mol. The van der Waals surface area contributed by atoms with Crippen LogP contribution >= 0.6 is 11.3 Å². The van der Waals surface area contributed by atoms with Gasteiger partial charge < -0.3 is 10.2 Å². The molecule has 2 amide bonds. The molecule has 4 heteroatoms. The number of nitrogens with one attached hydrogen (secondary N) is 1. The Kier molecular flexibility index (Phi) is 3.43. The second kappa shape index (κ2) is 5.51. The number of hydrogen-bond acceptors (Lipinski definition) is 2. The van der Waals surface area contributed by atoms with Crippen LogP contribution < -0.4 is 5.32 Å². The highest BCUT2D eigenvalue weighted by molar-refractivity contribution is 7.10. The predicted molar refractivity (Wildman–Crippen MR) is 92.4 cm³/mol. The molecule has 124 valence electrons. The molecular weight excluding hydrogens is 304 g/mol. The van der Waals surface area contributed by atoms with Gasteiger partial charge in [0.1, 0.15) is 0 Å². The molecule has 0 spiro atoms. The lowest BCUT2D eigenvalue weighted by Gasteiger charge is -2.54. The number of thiophene rings is 1. The van der Waals surface area contributed by atoms with Crippen LogP contribution in [0.25, 0.3) is 0 Å². The molecule has 2 heterocycles. The van der Waals surface area contributed by atoms with Gasteiger partial charge in [-0.25, -0.2) is 4.79 Å². The molecule has 1 saturated heterocycles. The van der Waals surface area contributed by atoms with E-state index < -0.39 is 0 Å². The Morgan fingerprint density at radius 3 is 2.52 bits per heavy atom. The first-order chi connectivity index (χ1) is 11.3. The maximum absolute atomic E-state index is 13.0. The van der Waals surface area contributed by atoms with Crippen LogP contribution in [0.15, 0.2) is 17.5 Å². The molecule has 0 aromatic carbocycles. The van der Waals surface area contributed by atoms with E-state index in [4.69, 9.17) is 0 Å². The highest BCUT2D eigenvalue weighted by Gasteiger charge is 2.49. The zero-order valence-corrected chi connectivity index (χ0v) is 14.4. The molecule has 0 radical (unpaired) electrons. The molecule has 5 aliphatic rings. The van der Waals surface area contributed by atoms with Gasteiger partial charge in [-0.05, 0) is 80.1 Å². The number of likely N-dealkylation sites (tertiary alicyclic amines) is 1. The fourth-order valence-electron chi connectivity index (χ4n) is 6.17. The number of hydrogen-bond donors (Lipinski definition) is 1. The highest BCUT2D eigenvalue weighted by atomic mass is 32.1. The Hall–Kier alpha value is -1.03. The zero-order valence-electron chi connectivity index (χ0n) is 13.6. The molecule has 5 fully saturated rings. The summed E-state index contributed by atoms with van der Waals surface area (Å²) < 4.78 is 0. The Morgan fingerprint density at radius 1 is 1.13 bits per heavy atom. The molecule has 3 nitrogen and oxygen atoms in total. The summed E-state index contributed by atoms with van der Waals surface area (Å²) in [6, 6.07) is 5.26. The van der Waals surface area contributed by atoms with Crippen molar-refractivity contribution in [2.24, 2.45) is 23.7 Å². The van der Waals surface area contributed by atoms with Crippen LogP contribution in [-0.4, -0.2) is 23.5 Å². The maximum Gasteiger partial charge on any atom is 0.318 e. The Morgan fingerprint density at radius 2 is 1.87 bits per heavy atom. The molecular formula is C19H26N2OS. The Balaban J connectivity index is 1.30. The third kappa shape index (κ3) is 2.41. The van der Waals surface area contributed by atoms with Crippen LogP contribution in [0.5, 0.6) is 0 Å². The minimum Gasteiger partial charge on any atom is -0.335 e. The Labute approximate surface area is 142 Å². The molecule has 6 rings (SSSR count). The molecule has 23 heavy (non-hydrogen) atoms. The number of rotatable bonds is 2. The van der Waals surface area contributed by atoms with Gasteiger partial charge in [0.2, 0.25) is 0 Å². The lowest BCUT2D eigenvalue weighted by Crippen LogP contribution is -2.57. The number of carbonyl (C=O) groups excluding carboxylic acids is 1. The lowest BCUT2D eigenvalue weighted by molar-refractivity contribution is -0.0111. The van der Waals surface area contributed by atoms with Gasteiger partial charge in [0.05, 0.1) is 6.04 Å². The van der Waals surface area contributed by atoms with Gasteiger partial charge in [-0.2, -0.15) is 0 Å². The van der Waals surface area contributed by atoms with E-state index in [9.17, 15) is 4.79 Å². The van der Waals surface area contributed by atoms with Crippen LogP contribution in [0.1, 0.15) is 55.9 Å². The molecule has 1 aliphatic heterocycles. The van der Waals surface area contributed by atoms with Gasteiger partial charge in [0.15, 0.2) is 0 Å². The van der Waals surface area contributed by atoms with Gasteiger partial charge in [-0.1, -0.05) is 6.07 Å². The van der Waals surface area contributed by atoms with Crippen molar-refractivity contribution < 1.29 is 4.79 Å². The minimum absolute atomic E-state index is 0.207. The van der Waals surface area contributed by atoms with E-state index in [0.717, 1.165) is 43.1 Å². The largest absolute Gasteiger partial charge is 0.335 e. The number of urea groups is 1. The zero-order chi connectivity index (χ0) is 15.4. The van der Waals surface area contributed by atoms with E-state index in [1.165, 1.54) is 37.0 Å². The molecule has 1 aromatic heterocycles. The van der Waals surface area contributed by atoms with Crippen molar-refractivity contribution in [3.05, 3.63) is 22.4 Å². The normalized spacial score (nSPS) is 41.5. The highest BCUT2D eigenvalue weighted by Crippen LogP contribution is 2.53. The summed E-state index contributed by atoms with van der Waals surface area (Å²) >= 11 is 1.79. The van der Waals surface area contributed by atoms with Crippen molar-refractivity contribution in [1.29, 1.82) is 0 Å². The third-order valence-corrected chi connectivity index (χ3v) is 7.88. The summed E-state index contributed by atoms with van der Waals surface area (Å²) in [6.07, 6.45) is 9.20. The number of amides is 2. The second-order valence-electron chi connectivity index (χ2n) is 8.27. The monoisotopic (exact) mass is 330 g/mol.